The van der Waals surface area contributed by atoms with E-state index in [1.54, 1.807) is 31.1 Å². The number of carbonyl (C=O) groups is 1. The molecule has 1 heterocycles. The molecule has 2 aromatic carbocycles. The number of hydrogen-bond acceptors (Lipinski definition) is 4. The monoisotopic (exact) mass is 355 g/mol. The molecule has 1 aliphatic rings. The number of rotatable bonds is 5. The molecule has 5 nitrogen and oxygen atoms in total. The Balaban J connectivity index is 1.65. The summed E-state index contributed by atoms with van der Waals surface area (Å²) >= 11 is 0. The molecule has 1 amide bonds. The predicted molar refractivity (Wildman–Crippen MR) is 99.2 cm³/mol. The maximum atomic E-state index is 12.8. The number of amides is 1. The minimum atomic E-state index is -1.11. The van der Waals surface area contributed by atoms with Gasteiger partial charge in [0, 0.05) is 25.6 Å². The van der Waals surface area contributed by atoms with E-state index in [4.69, 9.17) is 9.47 Å². The summed E-state index contributed by atoms with van der Waals surface area (Å²) in [5.74, 6) is 0.652. The van der Waals surface area contributed by atoms with Gasteiger partial charge in [-0.15, -0.1) is 0 Å². The fraction of sp³-hybridized carbons (Fsp3) is 0.381. The van der Waals surface area contributed by atoms with Crippen LogP contribution >= 0.6 is 0 Å². The van der Waals surface area contributed by atoms with Gasteiger partial charge in [-0.1, -0.05) is 30.3 Å². The summed E-state index contributed by atoms with van der Waals surface area (Å²) in [4.78, 5) is 14.5. The number of ether oxygens (including phenoxy) is 2. The summed E-state index contributed by atoms with van der Waals surface area (Å²) in [5.41, 5.74) is 0.522. The lowest BCUT2D eigenvalue weighted by molar-refractivity contribution is -0.0899. The van der Waals surface area contributed by atoms with Crippen LogP contribution in [0.15, 0.2) is 54.6 Å². The average Bonchev–Trinajstić information content (AvgIpc) is 2.64. The second-order valence-corrected chi connectivity index (χ2v) is 6.92. The molecule has 26 heavy (non-hydrogen) atoms. The van der Waals surface area contributed by atoms with Crippen molar-refractivity contribution in [3.8, 4) is 5.75 Å². The molecule has 0 saturated carbocycles. The molecule has 3 rings (SSSR count). The van der Waals surface area contributed by atoms with Gasteiger partial charge in [0.05, 0.1) is 13.2 Å². The minimum absolute atomic E-state index is 0.0765. The highest BCUT2D eigenvalue weighted by Crippen LogP contribution is 2.27. The van der Waals surface area contributed by atoms with E-state index in [1.165, 1.54) is 0 Å². The van der Waals surface area contributed by atoms with E-state index >= 15 is 0 Å². The molecule has 0 bridgehead atoms. The van der Waals surface area contributed by atoms with Gasteiger partial charge >= 0.3 is 0 Å². The lowest BCUT2D eigenvalue weighted by Crippen LogP contribution is -2.58. The highest BCUT2D eigenvalue weighted by atomic mass is 16.5. The topological polar surface area (TPSA) is 59.0 Å². The standard InChI is InChI=1S/C21H25NO4/c1-21(24)15-22(13-12-19(21)26-18-6-4-3-5-7-18)20(23)17-10-8-16(9-11-17)14-25-2/h3-11,19,24H,12-15H2,1-2H3/t19-,21-/m0/s1. The van der Waals surface area contributed by atoms with Crippen molar-refractivity contribution in [1.29, 1.82) is 0 Å². The third kappa shape index (κ3) is 4.23. The first-order valence-corrected chi connectivity index (χ1v) is 8.81. The molecular formula is C21H25NO4. The Morgan fingerprint density at radius 2 is 1.88 bits per heavy atom. The van der Waals surface area contributed by atoms with Crippen LogP contribution in [-0.4, -0.2) is 47.8 Å². The fourth-order valence-electron chi connectivity index (χ4n) is 3.27. The Morgan fingerprint density at radius 3 is 2.50 bits per heavy atom. The first-order chi connectivity index (χ1) is 12.5. The van der Waals surface area contributed by atoms with Crippen molar-refractivity contribution in [2.45, 2.75) is 31.7 Å². The second-order valence-electron chi connectivity index (χ2n) is 6.92. The summed E-state index contributed by atoms with van der Waals surface area (Å²) in [6, 6.07) is 16.8. The van der Waals surface area contributed by atoms with Gasteiger partial charge in [-0.2, -0.15) is 0 Å². The first-order valence-electron chi connectivity index (χ1n) is 8.81. The van der Waals surface area contributed by atoms with Gasteiger partial charge in [-0.3, -0.25) is 4.79 Å². The number of hydrogen-bond donors (Lipinski definition) is 1. The van der Waals surface area contributed by atoms with E-state index in [0.29, 0.717) is 25.1 Å². The largest absolute Gasteiger partial charge is 0.487 e. The van der Waals surface area contributed by atoms with Crippen LogP contribution in [0.1, 0.15) is 29.3 Å². The Bertz CT molecular complexity index is 727. The van der Waals surface area contributed by atoms with Crippen molar-refractivity contribution >= 4 is 5.91 Å². The maximum Gasteiger partial charge on any atom is 0.253 e. The smallest absolute Gasteiger partial charge is 0.253 e. The fourth-order valence-corrected chi connectivity index (χ4v) is 3.27. The van der Waals surface area contributed by atoms with Gasteiger partial charge in [0.1, 0.15) is 17.5 Å². The van der Waals surface area contributed by atoms with Crippen LogP contribution in [0.5, 0.6) is 5.75 Å². The molecule has 0 aliphatic carbocycles. The van der Waals surface area contributed by atoms with E-state index in [-0.39, 0.29) is 18.6 Å². The van der Waals surface area contributed by atoms with E-state index in [1.807, 2.05) is 42.5 Å². The van der Waals surface area contributed by atoms with Crippen molar-refractivity contribution in [3.05, 3.63) is 65.7 Å². The molecule has 2 aromatic rings. The van der Waals surface area contributed by atoms with Gasteiger partial charge < -0.3 is 19.5 Å². The molecule has 0 unspecified atom stereocenters. The molecular weight excluding hydrogens is 330 g/mol. The zero-order chi connectivity index (χ0) is 18.6. The number of para-hydroxylation sites is 1. The highest BCUT2D eigenvalue weighted by molar-refractivity contribution is 5.94. The number of piperidine rings is 1. The van der Waals surface area contributed by atoms with Crippen LogP contribution < -0.4 is 4.74 Å². The molecule has 0 aromatic heterocycles. The van der Waals surface area contributed by atoms with E-state index in [2.05, 4.69) is 0 Å². The Hall–Kier alpha value is -2.37. The molecule has 138 valence electrons. The third-order valence-corrected chi connectivity index (χ3v) is 4.69. The van der Waals surface area contributed by atoms with Crippen LogP contribution in [0.4, 0.5) is 0 Å². The third-order valence-electron chi connectivity index (χ3n) is 4.69. The molecule has 0 spiro atoms. The summed E-state index contributed by atoms with van der Waals surface area (Å²) in [6.07, 6.45) is 0.230. The van der Waals surface area contributed by atoms with E-state index in [0.717, 1.165) is 11.3 Å². The Kier molecular flexibility index (Phi) is 5.59. The minimum Gasteiger partial charge on any atom is -0.487 e. The molecule has 1 saturated heterocycles. The maximum absolute atomic E-state index is 12.8. The van der Waals surface area contributed by atoms with Gasteiger partial charge in [0.15, 0.2) is 0 Å². The van der Waals surface area contributed by atoms with Crippen LogP contribution in [0, 0.1) is 0 Å². The molecule has 1 fully saturated rings. The predicted octanol–water partition coefficient (Wildman–Crippen LogP) is 2.88. The molecule has 1 N–H and O–H groups in total. The number of β-amino-alcohol motifs (C(OH)–C–C–N with tert-alkyl or cyclic N) is 1. The number of carbonyl (C=O) groups excluding carboxylic acids is 1. The van der Waals surface area contributed by atoms with E-state index in [9.17, 15) is 9.90 Å². The summed E-state index contributed by atoms with van der Waals surface area (Å²) in [6.45, 7) is 3.03. The number of benzene rings is 2. The van der Waals surface area contributed by atoms with Gasteiger partial charge in [-0.25, -0.2) is 0 Å². The van der Waals surface area contributed by atoms with Crippen LogP contribution in [-0.2, 0) is 11.3 Å². The van der Waals surface area contributed by atoms with Gasteiger partial charge in [0.2, 0.25) is 0 Å². The zero-order valence-electron chi connectivity index (χ0n) is 15.2. The zero-order valence-corrected chi connectivity index (χ0v) is 15.2. The SMILES string of the molecule is COCc1ccc(C(=O)N2CC[C@H](Oc3ccccc3)[C@@](C)(O)C2)cc1. The van der Waals surface area contributed by atoms with Crippen LogP contribution in [0.2, 0.25) is 0 Å². The summed E-state index contributed by atoms with van der Waals surface area (Å²) < 4.78 is 11.0. The van der Waals surface area contributed by atoms with Gasteiger partial charge in [0.25, 0.3) is 5.91 Å². The van der Waals surface area contributed by atoms with E-state index < -0.39 is 5.60 Å². The number of nitrogens with zero attached hydrogens (tertiary/aromatic N) is 1. The van der Waals surface area contributed by atoms with Crippen molar-refractivity contribution in [1.82, 2.24) is 4.90 Å². The van der Waals surface area contributed by atoms with Crippen molar-refractivity contribution in [2.24, 2.45) is 0 Å². The van der Waals surface area contributed by atoms with Gasteiger partial charge in [-0.05, 0) is 36.8 Å². The number of methoxy groups -OCH3 is 1. The molecule has 0 radical (unpaired) electrons. The number of likely N-dealkylation sites (tertiary alicyclic amines) is 1. The molecule has 1 aliphatic heterocycles. The van der Waals surface area contributed by atoms with Crippen molar-refractivity contribution in [2.75, 3.05) is 20.2 Å². The average molecular weight is 355 g/mol. The summed E-state index contributed by atoms with van der Waals surface area (Å²) in [5, 5.41) is 10.8. The normalized spacial score (nSPS) is 22.9. The Morgan fingerprint density at radius 1 is 1.19 bits per heavy atom. The van der Waals surface area contributed by atoms with Crippen molar-refractivity contribution in [3.63, 3.8) is 0 Å². The quantitative estimate of drug-likeness (QED) is 0.896. The molecule has 2 atom stereocenters. The first kappa shape index (κ1) is 18.4. The molecule has 5 heteroatoms. The second kappa shape index (κ2) is 7.89. The van der Waals surface area contributed by atoms with Crippen LogP contribution in [0.3, 0.4) is 0 Å². The van der Waals surface area contributed by atoms with Crippen LogP contribution in [0.25, 0.3) is 0 Å². The number of aliphatic hydroxyl groups is 1. The lowest BCUT2D eigenvalue weighted by atomic mass is 9.91. The lowest BCUT2D eigenvalue weighted by Gasteiger charge is -2.42. The Labute approximate surface area is 154 Å². The summed E-state index contributed by atoms with van der Waals surface area (Å²) in [7, 11) is 1.64. The highest BCUT2D eigenvalue weighted by Gasteiger charge is 2.41. The van der Waals surface area contributed by atoms with Crippen molar-refractivity contribution < 1.29 is 19.4 Å².